The molecule has 2 N–H and O–H groups in total. The molecule has 0 spiro atoms. The molecule has 0 amide bonds. The largest absolute Gasteiger partial charge is 0.397 e. The molecule has 2 aromatic heterocycles. The van der Waals surface area contributed by atoms with E-state index < -0.39 is 0 Å². The van der Waals surface area contributed by atoms with Gasteiger partial charge in [0.05, 0.1) is 11.9 Å². The summed E-state index contributed by atoms with van der Waals surface area (Å²) in [5, 5.41) is 0. The highest BCUT2D eigenvalue weighted by Gasteiger charge is 2.18. The Hall–Kier alpha value is -2.30. The fraction of sp³-hybridized carbons (Fsp3) is 0.333. The highest BCUT2D eigenvalue weighted by Crippen LogP contribution is 2.18. The molecule has 5 heteroatoms. The lowest BCUT2D eigenvalue weighted by Crippen LogP contribution is -2.47. The smallest absolute Gasteiger partial charge is 0.128 e. The minimum absolute atomic E-state index is 0.705. The normalized spacial score (nSPS) is 15.4. The molecule has 0 aliphatic carbocycles. The zero-order chi connectivity index (χ0) is 13.9. The van der Waals surface area contributed by atoms with Crippen molar-refractivity contribution >= 4 is 17.3 Å². The van der Waals surface area contributed by atoms with E-state index >= 15 is 0 Å². The Morgan fingerprint density at radius 3 is 2.25 bits per heavy atom. The summed E-state index contributed by atoms with van der Waals surface area (Å²) in [7, 11) is 0. The van der Waals surface area contributed by atoms with Crippen LogP contribution >= 0.6 is 0 Å². The second-order valence-corrected chi connectivity index (χ2v) is 5.12. The predicted octanol–water partition coefficient (Wildman–Crippen LogP) is 1.69. The summed E-state index contributed by atoms with van der Waals surface area (Å²) < 4.78 is 0. The number of pyridine rings is 2. The minimum atomic E-state index is 0.705. The van der Waals surface area contributed by atoms with Crippen molar-refractivity contribution in [2.24, 2.45) is 0 Å². The highest BCUT2D eigenvalue weighted by atomic mass is 15.3. The number of piperazine rings is 1. The number of nitrogens with zero attached hydrogens (tertiary/aromatic N) is 4. The van der Waals surface area contributed by atoms with E-state index in [1.807, 2.05) is 24.4 Å². The molecule has 0 atom stereocenters. The van der Waals surface area contributed by atoms with Crippen LogP contribution in [0.4, 0.5) is 17.3 Å². The molecule has 3 rings (SSSR count). The van der Waals surface area contributed by atoms with Crippen LogP contribution in [0.3, 0.4) is 0 Å². The lowest BCUT2D eigenvalue weighted by atomic mass is 10.2. The van der Waals surface area contributed by atoms with Crippen LogP contribution in [-0.4, -0.2) is 36.1 Å². The molecule has 0 aromatic carbocycles. The van der Waals surface area contributed by atoms with Crippen molar-refractivity contribution in [1.82, 2.24) is 9.97 Å². The second-order valence-electron chi connectivity index (χ2n) is 5.12. The summed E-state index contributed by atoms with van der Waals surface area (Å²) in [5.74, 6) is 2.06. The molecule has 104 valence electrons. The van der Waals surface area contributed by atoms with Gasteiger partial charge in [-0.05, 0) is 36.8 Å². The highest BCUT2D eigenvalue weighted by molar-refractivity contribution is 5.48. The van der Waals surface area contributed by atoms with E-state index in [9.17, 15) is 0 Å². The Labute approximate surface area is 119 Å². The van der Waals surface area contributed by atoms with Gasteiger partial charge in [-0.15, -0.1) is 0 Å². The number of nitrogen functional groups attached to an aromatic ring is 1. The molecule has 1 aliphatic heterocycles. The number of hydrogen-bond donors (Lipinski definition) is 1. The zero-order valence-electron chi connectivity index (χ0n) is 11.7. The standard InChI is InChI=1S/C15H19N5/c1-12-4-5-17-15(10-12)20-8-6-19(7-9-20)14-3-2-13(16)11-18-14/h2-5,10-11H,6-9,16H2,1H3. The Morgan fingerprint density at radius 2 is 1.65 bits per heavy atom. The maximum Gasteiger partial charge on any atom is 0.128 e. The fourth-order valence-electron chi connectivity index (χ4n) is 2.44. The molecule has 1 saturated heterocycles. The molecule has 1 aliphatic rings. The van der Waals surface area contributed by atoms with Gasteiger partial charge in [-0.1, -0.05) is 0 Å². The topological polar surface area (TPSA) is 58.3 Å². The number of anilines is 3. The van der Waals surface area contributed by atoms with Crippen molar-refractivity contribution in [2.45, 2.75) is 6.92 Å². The average Bonchev–Trinajstić information content (AvgIpc) is 2.48. The van der Waals surface area contributed by atoms with Crippen molar-refractivity contribution in [3.63, 3.8) is 0 Å². The molecular weight excluding hydrogens is 250 g/mol. The third kappa shape index (κ3) is 2.66. The van der Waals surface area contributed by atoms with Crippen molar-refractivity contribution in [3.8, 4) is 0 Å². The lowest BCUT2D eigenvalue weighted by molar-refractivity contribution is 0.641. The van der Waals surface area contributed by atoms with E-state index in [1.54, 1.807) is 6.20 Å². The van der Waals surface area contributed by atoms with E-state index in [0.29, 0.717) is 5.69 Å². The van der Waals surface area contributed by atoms with Crippen LogP contribution in [0.25, 0.3) is 0 Å². The second kappa shape index (κ2) is 5.36. The molecule has 20 heavy (non-hydrogen) atoms. The number of aromatic nitrogens is 2. The summed E-state index contributed by atoms with van der Waals surface area (Å²) in [5.41, 5.74) is 7.62. The maximum atomic E-state index is 5.67. The van der Waals surface area contributed by atoms with E-state index in [2.05, 4.69) is 32.8 Å². The van der Waals surface area contributed by atoms with Gasteiger partial charge in [-0.3, -0.25) is 0 Å². The number of hydrogen-bond acceptors (Lipinski definition) is 5. The van der Waals surface area contributed by atoms with E-state index in [1.165, 1.54) is 5.56 Å². The monoisotopic (exact) mass is 269 g/mol. The van der Waals surface area contributed by atoms with E-state index in [4.69, 9.17) is 5.73 Å². The molecule has 0 radical (unpaired) electrons. The first-order chi connectivity index (χ1) is 9.72. The third-order valence-corrected chi connectivity index (χ3v) is 3.60. The molecule has 1 fully saturated rings. The van der Waals surface area contributed by atoms with Gasteiger partial charge in [0.2, 0.25) is 0 Å². The van der Waals surface area contributed by atoms with Gasteiger partial charge in [0.1, 0.15) is 11.6 Å². The van der Waals surface area contributed by atoms with Gasteiger partial charge >= 0.3 is 0 Å². The van der Waals surface area contributed by atoms with Crippen molar-refractivity contribution in [3.05, 3.63) is 42.2 Å². The van der Waals surface area contributed by atoms with Gasteiger partial charge < -0.3 is 15.5 Å². The SMILES string of the molecule is Cc1ccnc(N2CCN(c3ccc(N)cn3)CC2)c1. The van der Waals surface area contributed by atoms with Crippen LogP contribution in [0.2, 0.25) is 0 Å². The third-order valence-electron chi connectivity index (χ3n) is 3.60. The van der Waals surface area contributed by atoms with E-state index in [-0.39, 0.29) is 0 Å². The van der Waals surface area contributed by atoms with Crippen LogP contribution in [0.5, 0.6) is 0 Å². The van der Waals surface area contributed by atoms with Crippen molar-refractivity contribution in [1.29, 1.82) is 0 Å². The Bertz CT molecular complexity index is 573. The molecule has 3 heterocycles. The molecule has 0 saturated carbocycles. The Morgan fingerprint density at radius 1 is 0.950 bits per heavy atom. The summed E-state index contributed by atoms with van der Waals surface area (Å²) in [4.78, 5) is 13.4. The van der Waals surface area contributed by atoms with Gasteiger partial charge in [0.15, 0.2) is 0 Å². The van der Waals surface area contributed by atoms with Gasteiger partial charge in [0.25, 0.3) is 0 Å². The van der Waals surface area contributed by atoms with Crippen molar-refractivity contribution in [2.75, 3.05) is 41.7 Å². The summed E-state index contributed by atoms with van der Waals surface area (Å²) in [6.45, 7) is 5.92. The molecular formula is C15H19N5. The minimum Gasteiger partial charge on any atom is -0.397 e. The van der Waals surface area contributed by atoms with E-state index in [0.717, 1.165) is 37.8 Å². The number of rotatable bonds is 2. The molecule has 0 bridgehead atoms. The van der Waals surface area contributed by atoms with Crippen LogP contribution in [0.15, 0.2) is 36.7 Å². The maximum absolute atomic E-state index is 5.67. The number of nitrogens with two attached hydrogens (primary N) is 1. The fourth-order valence-corrected chi connectivity index (χ4v) is 2.44. The number of aryl methyl sites for hydroxylation is 1. The molecule has 0 unspecified atom stereocenters. The first kappa shape index (κ1) is 12.7. The van der Waals surface area contributed by atoms with Gasteiger partial charge in [-0.25, -0.2) is 9.97 Å². The quantitative estimate of drug-likeness (QED) is 0.899. The first-order valence-electron chi connectivity index (χ1n) is 6.86. The van der Waals surface area contributed by atoms with Crippen LogP contribution in [0.1, 0.15) is 5.56 Å². The summed E-state index contributed by atoms with van der Waals surface area (Å²) in [6.07, 6.45) is 3.59. The predicted molar refractivity (Wildman–Crippen MR) is 82.0 cm³/mol. The van der Waals surface area contributed by atoms with Crippen LogP contribution in [0, 0.1) is 6.92 Å². The Kier molecular flexibility index (Phi) is 3.41. The van der Waals surface area contributed by atoms with Crippen LogP contribution < -0.4 is 15.5 Å². The molecule has 5 nitrogen and oxygen atoms in total. The zero-order valence-corrected chi connectivity index (χ0v) is 11.7. The lowest BCUT2D eigenvalue weighted by Gasteiger charge is -2.36. The first-order valence-corrected chi connectivity index (χ1v) is 6.86. The summed E-state index contributed by atoms with van der Waals surface area (Å²) >= 11 is 0. The summed E-state index contributed by atoms with van der Waals surface area (Å²) in [6, 6.07) is 8.04. The average molecular weight is 269 g/mol. The van der Waals surface area contributed by atoms with Gasteiger partial charge in [0, 0.05) is 32.4 Å². The van der Waals surface area contributed by atoms with Gasteiger partial charge in [-0.2, -0.15) is 0 Å². The van der Waals surface area contributed by atoms with Crippen molar-refractivity contribution < 1.29 is 0 Å². The molecule has 2 aromatic rings. The Balaban J connectivity index is 1.66. The van der Waals surface area contributed by atoms with Crippen LogP contribution in [-0.2, 0) is 0 Å².